The van der Waals surface area contributed by atoms with Crippen LogP contribution in [0.3, 0.4) is 0 Å². The zero-order valence-electron chi connectivity index (χ0n) is 18.0. The molecule has 1 aliphatic rings. The molecule has 0 saturated carbocycles. The van der Waals surface area contributed by atoms with Crippen molar-refractivity contribution in [1.82, 2.24) is 9.62 Å². The topological polar surface area (TPSA) is 102 Å². The van der Waals surface area contributed by atoms with Crippen LogP contribution in [0.15, 0.2) is 59.5 Å². The van der Waals surface area contributed by atoms with Crippen molar-refractivity contribution in [3.63, 3.8) is 0 Å². The van der Waals surface area contributed by atoms with E-state index in [2.05, 4.69) is 5.32 Å². The number of nitrogens with one attached hydrogen (secondary N) is 1. The first-order valence-electron chi connectivity index (χ1n) is 10.6. The second-order valence-corrected chi connectivity index (χ2v) is 9.31. The molecule has 1 fully saturated rings. The molecule has 32 heavy (non-hydrogen) atoms. The minimum absolute atomic E-state index is 0.0856. The van der Waals surface area contributed by atoms with Crippen molar-refractivity contribution in [3.8, 4) is 5.75 Å². The first kappa shape index (κ1) is 23.7. The van der Waals surface area contributed by atoms with E-state index >= 15 is 0 Å². The van der Waals surface area contributed by atoms with Gasteiger partial charge in [-0.3, -0.25) is 4.79 Å². The SMILES string of the molecule is CCOC(=O)c1ccc(S(=O)(=O)N2CCC(C(=O)NCCOc3ccccc3)CC2)cc1. The van der Waals surface area contributed by atoms with E-state index in [9.17, 15) is 18.0 Å². The molecule has 0 unspecified atom stereocenters. The van der Waals surface area contributed by atoms with Crippen LogP contribution in [-0.2, 0) is 19.6 Å². The van der Waals surface area contributed by atoms with E-state index in [1.807, 2.05) is 30.3 Å². The molecule has 0 spiro atoms. The second kappa shape index (κ2) is 11.1. The van der Waals surface area contributed by atoms with Crippen LogP contribution in [0.2, 0.25) is 0 Å². The summed E-state index contributed by atoms with van der Waals surface area (Å²) >= 11 is 0. The number of hydrogen-bond acceptors (Lipinski definition) is 6. The Kier molecular flexibility index (Phi) is 8.24. The van der Waals surface area contributed by atoms with Crippen molar-refractivity contribution in [1.29, 1.82) is 0 Å². The van der Waals surface area contributed by atoms with Crippen LogP contribution < -0.4 is 10.1 Å². The summed E-state index contributed by atoms with van der Waals surface area (Å²) in [4.78, 5) is 24.3. The molecule has 1 heterocycles. The molecule has 2 aromatic carbocycles. The number of para-hydroxylation sites is 1. The number of carbonyl (C=O) groups excluding carboxylic acids is 2. The van der Waals surface area contributed by atoms with E-state index in [0.29, 0.717) is 31.6 Å². The maximum atomic E-state index is 12.9. The number of ether oxygens (including phenoxy) is 2. The van der Waals surface area contributed by atoms with Crippen LogP contribution in [0.1, 0.15) is 30.1 Å². The Labute approximate surface area is 188 Å². The zero-order chi connectivity index (χ0) is 23.0. The fraction of sp³-hybridized carbons (Fsp3) is 0.391. The van der Waals surface area contributed by atoms with E-state index in [1.54, 1.807) is 6.92 Å². The van der Waals surface area contributed by atoms with Crippen LogP contribution in [0.5, 0.6) is 5.75 Å². The lowest BCUT2D eigenvalue weighted by molar-refractivity contribution is -0.126. The third-order valence-electron chi connectivity index (χ3n) is 5.24. The minimum atomic E-state index is -3.69. The highest BCUT2D eigenvalue weighted by molar-refractivity contribution is 7.89. The normalized spacial score (nSPS) is 15.2. The van der Waals surface area contributed by atoms with Gasteiger partial charge >= 0.3 is 5.97 Å². The van der Waals surface area contributed by atoms with E-state index in [4.69, 9.17) is 9.47 Å². The molecular formula is C23H28N2O6S. The molecule has 0 aliphatic carbocycles. The molecule has 1 saturated heterocycles. The largest absolute Gasteiger partial charge is 0.492 e. The van der Waals surface area contributed by atoms with Crippen LogP contribution in [-0.4, -0.2) is 57.4 Å². The molecule has 0 radical (unpaired) electrons. The lowest BCUT2D eigenvalue weighted by Gasteiger charge is -2.30. The fourth-order valence-electron chi connectivity index (χ4n) is 3.49. The third-order valence-corrected chi connectivity index (χ3v) is 7.15. The minimum Gasteiger partial charge on any atom is -0.492 e. The number of rotatable bonds is 9. The maximum absolute atomic E-state index is 12.9. The summed E-state index contributed by atoms with van der Waals surface area (Å²) in [6, 6.07) is 15.1. The molecule has 2 aromatic rings. The lowest BCUT2D eigenvalue weighted by atomic mass is 9.97. The first-order chi connectivity index (χ1) is 15.4. The first-order valence-corrected chi connectivity index (χ1v) is 12.1. The van der Waals surface area contributed by atoms with Gasteiger partial charge in [0.2, 0.25) is 15.9 Å². The average Bonchev–Trinajstić information content (AvgIpc) is 2.82. The van der Waals surface area contributed by atoms with E-state index < -0.39 is 16.0 Å². The summed E-state index contributed by atoms with van der Waals surface area (Å²) < 4.78 is 37.7. The van der Waals surface area contributed by atoms with Gasteiger partial charge in [0.1, 0.15) is 12.4 Å². The number of hydrogen-bond donors (Lipinski definition) is 1. The third kappa shape index (κ3) is 6.08. The molecule has 3 rings (SSSR count). The van der Waals surface area contributed by atoms with Crippen LogP contribution in [0.25, 0.3) is 0 Å². The van der Waals surface area contributed by atoms with Crippen molar-refractivity contribution in [2.75, 3.05) is 32.8 Å². The summed E-state index contributed by atoms with van der Waals surface area (Å²) in [7, 11) is -3.69. The van der Waals surface area contributed by atoms with Gasteiger partial charge in [-0.2, -0.15) is 4.31 Å². The van der Waals surface area contributed by atoms with Gasteiger partial charge in [0.05, 0.1) is 23.6 Å². The second-order valence-electron chi connectivity index (χ2n) is 7.38. The summed E-state index contributed by atoms with van der Waals surface area (Å²) in [6.45, 7) is 3.24. The number of esters is 1. The predicted molar refractivity (Wildman–Crippen MR) is 119 cm³/mol. The van der Waals surface area contributed by atoms with Crippen molar-refractivity contribution in [2.24, 2.45) is 5.92 Å². The summed E-state index contributed by atoms with van der Waals surface area (Å²) in [6.07, 6.45) is 0.900. The molecule has 1 amide bonds. The van der Waals surface area contributed by atoms with Gasteiger partial charge in [0.25, 0.3) is 0 Å². The van der Waals surface area contributed by atoms with E-state index in [1.165, 1.54) is 28.6 Å². The highest BCUT2D eigenvalue weighted by Gasteiger charge is 2.32. The molecule has 172 valence electrons. The Morgan fingerprint density at radius 2 is 1.69 bits per heavy atom. The number of sulfonamides is 1. The monoisotopic (exact) mass is 460 g/mol. The van der Waals surface area contributed by atoms with Gasteiger partial charge in [-0.1, -0.05) is 18.2 Å². The highest BCUT2D eigenvalue weighted by atomic mass is 32.2. The fourth-order valence-corrected chi connectivity index (χ4v) is 4.96. The molecular weight excluding hydrogens is 432 g/mol. The van der Waals surface area contributed by atoms with Crippen molar-refractivity contribution in [2.45, 2.75) is 24.7 Å². The van der Waals surface area contributed by atoms with Crippen molar-refractivity contribution >= 4 is 21.9 Å². The van der Waals surface area contributed by atoms with Gasteiger partial charge in [0.15, 0.2) is 0 Å². The van der Waals surface area contributed by atoms with Crippen molar-refractivity contribution in [3.05, 3.63) is 60.2 Å². The summed E-state index contributed by atoms with van der Waals surface area (Å²) in [5, 5.41) is 2.86. The Balaban J connectivity index is 1.46. The van der Waals surface area contributed by atoms with Gasteiger partial charge in [0, 0.05) is 19.0 Å². The van der Waals surface area contributed by atoms with Crippen LogP contribution in [0.4, 0.5) is 0 Å². The van der Waals surface area contributed by atoms with Crippen LogP contribution >= 0.6 is 0 Å². The Morgan fingerprint density at radius 3 is 2.31 bits per heavy atom. The number of carbonyl (C=O) groups is 2. The quantitative estimate of drug-likeness (QED) is 0.456. The lowest BCUT2D eigenvalue weighted by Crippen LogP contribution is -2.43. The molecule has 8 nitrogen and oxygen atoms in total. The van der Waals surface area contributed by atoms with Gasteiger partial charge in [-0.05, 0) is 56.2 Å². The number of nitrogens with zero attached hydrogens (tertiary/aromatic N) is 1. The standard InChI is InChI=1S/C23H28N2O6S/c1-2-30-23(27)19-8-10-21(11-9-19)32(28,29)25-15-12-18(13-16-25)22(26)24-14-17-31-20-6-4-3-5-7-20/h3-11,18H,2,12-17H2,1H3,(H,24,26). The maximum Gasteiger partial charge on any atom is 0.338 e. The number of benzene rings is 2. The molecule has 1 N–H and O–H groups in total. The Morgan fingerprint density at radius 1 is 1.03 bits per heavy atom. The van der Waals surface area contributed by atoms with Crippen molar-refractivity contribution < 1.29 is 27.5 Å². The number of amides is 1. The Bertz CT molecular complexity index is 1000. The average molecular weight is 461 g/mol. The summed E-state index contributed by atoms with van der Waals surface area (Å²) in [5.41, 5.74) is 0.303. The predicted octanol–water partition coefficient (Wildman–Crippen LogP) is 2.46. The van der Waals surface area contributed by atoms with E-state index in [-0.39, 0.29) is 36.4 Å². The van der Waals surface area contributed by atoms with Gasteiger partial charge < -0.3 is 14.8 Å². The van der Waals surface area contributed by atoms with Crippen LogP contribution in [0, 0.1) is 5.92 Å². The molecule has 1 aliphatic heterocycles. The molecule has 9 heteroatoms. The zero-order valence-corrected chi connectivity index (χ0v) is 18.8. The van der Waals surface area contributed by atoms with Gasteiger partial charge in [-0.15, -0.1) is 0 Å². The number of piperidine rings is 1. The Hall–Kier alpha value is -2.91. The highest BCUT2D eigenvalue weighted by Crippen LogP contribution is 2.24. The summed E-state index contributed by atoms with van der Waals surface area (Å²) in [5.74, 6) is -0.0603. The van der Waals surface area contributed by atoms with Gasteiger partial charge in [-0.25, -0.2) is 13.2 Å². The molecule has 0 bridgehead atoms. The molecule has 0 atom stereocenters. The smallest absolute Gasteiger partial charge is 0.338 e. The van der Waals surface area contributed by atoms with E-state index in [0.717, 1.165) is 5.75 Å². The molecule has 0 aromatic heterocycles.